The standard InChI is InChI=1S/C12H11N3O4S2/c1-7-6-20-11(14-7)5-13-21(17,18)8-2-3-9-10(4-8)19-12(16)15-9/h2-4,6,13H,5H2,1H3,(H,15,16). The van der Waals surface area contributed by atoms with Crippen LogP contribution in [0.1, 0.15) is 10.7 Å². The summed E-state index contributed by atoms with van der Waals surface area (Å²) in [6.07, 6.45) is 0. The summed E-state index contributed by atoms with van der Waals surface area (Å²) in [6, 6.07) is 4.20. The van der Waals surface area contributed by atoms with E-state index in [-0.39, 0.29) is 17.0 Å². The molecule has 0 spiro atoms. The SMILES string of the molecule is Cc1csc(CNS(=O)(=O)c2ccc3[nH]c(=O)oc3c2)n1. The average Bonchev–Trinajstić information content (AvgIpc) is 3.00. The maximum absolute atomic E-state index is 12.2. The van der Waals surface area contributed by atoms with Crippen molar-refractivity contribution in [1.82, 2.24) is 14.7 Å². The van der Waals surface area contributed by atoms with Crippen molar-refractivity contribution in [3.63, 3.8) is 0 Å². The maximum atomic E-state index is 12.2. The molecule has 0 saturated carbocycles. The number of aromatic nitrogens is 2. The maximum Gasteiger partial charge on any atom is 0.417 e. The van der Waals surface area contributed by atoms with E-state index in [1.54, 1.807) is 0 Å². The lowest BCUT2D eigenvalue weighted by Crippen LogP contribution is -2.23. The summed E-state index contributed by atoms with van der Waals surface area (Å²) in [5.41, 5.74) is 1.51. The lowest BCUT2D eigenvalue weighted by Gasteiger charge is -2.04. The summed E-state index contributed by atoms with van der Waals surface area (Å²) in [6.45, 7) is 1.96. The van der Waals surface area contributed by atoms with Crippen molar-refractivity contribution >= 4 is 32.5 Å². The number of nitrogens with one attached hydrogen (secondary N) is 2. The predicted octanol–water partition coefficient (Wildman–Crippen LogP) is 1.36. The smallest absolute Gasteiger partial charge is 0.408 e. The second-order valence-electron chi connectivity index (χ2n) is 4.38. The first-order valence-corrected chi connectivity index (χ1v) is 8.34. The van der Waals surface area contributed by atoms with Crippen molar-refractivity contribution in [2.24, 2.45) is 0 Å². The number of hydrogen-bond donors (Lipinski definition) is 2. The molecule has 0 aliphatic carbocycles. The van der Waals surface area contributed by atoms with Gasteiger partial charge in [0, 0.05) is 17.1 Å². The van der Waals surface area contributed by atoms with Gasteiger partial charge >= 0.3 is 5.76 Å². The summed E-state index contributed by atoms with van der Waals surface area (Å²) in [5, 5.41) is 2.54. The molecule has 0 fully saturated rings. The number of aromatic amines is 1. The molecule has 21 heavy (non-hydrogen) atoms. The van der Waals surface area contributed by atoms with Gasteiger partial charge in [-0.1, -0.05) is 0 Å². The van der Waals surface area contributed by atoms with Gasteiger partial charge in [-0.15, -0.1) is 11.3 Å². The first-order chi connectivity index (χ1) is 9.94. The Bertz CT molecular complexity index is 952. The summed E-state index contributed by atoms with van der Waals surface area (Å²) < 4.78 is 31.7. The Kier molecular flexibility index (Phi) is 3.40. The number of H-pyrrole nitrogens is 1. The quantitative estimate of drug-likeness (QED) is 0.753. The third-order valence-electron chi connectivity index (χ3n) is 2.78. The second kappa shape index (κ2) is 5.10. The molecule has 2 N–H and O–H groups in total. The van der Waals surface area contributed by atoms with Crippen LogP contribution in [0.3, 0.4) is 0 Å². The number of nitrogens with zero attached hydrogens (tertiary/aromatic N) is 1. The number of rotatable bonds is 4. The number of thiazole rings is 1. The zero-order valence-electron chi connectivity index (χ0n) is 10.9. The number of fused-ring (bicyclic) bond motifs is 1. The topological polar surface area (TPSA) is 105 Å². The highest BCUT2D eigenvalue weighted by molar-refractivity contribution is 7.89. The lowest BCUT2D eigenvalue weighted by atomic mass is 10.3. The second-order valence-corrected chi connectivity index (χ2v) is 7.09. The fourth-order valence-electron chi connectivity index (χ4n) is 1.82. The molecular formula is C12H11N3O4S2. The lowest BCUT2D eigenvalue weighted by molar-refractivity contribution is 0.553. The highest BCUT2D eigenvalue weighted by Gasteiger charge is 2.16. The fourth-order valence-corrected chi connectivity index (χ4v) is 3.62. The minimum absolute atomic E-state index is 0.0334. The van der Waals surface area contributed by atoms with E-state index in [4.69, 9.17) is 4.42 Å². The van der Waals surface area contributed by atoms with E-state index in [2.05, 4.69) is 14.7 Å². The molecule has 0 radical (unpaired) electrons. The zero-order chi connectivity index (χ0) is 15.0. The highest BCUT2D eigenvalue weighted by Crippen LogP contribution is 2.17. The van der Waals surface area contributed by atoms with Gasteiger partial charge in [0.05, 0.1) is 17.0 Å². The zero-order valence-corrected chi connectivity index (χ0v) is 12.5. The van der Waals surface area contributed by atoms with Gasteiger partial charge in [-0.2, -0.15) is 0 Å². The van der Waals surface area contributed by atoms with Gasteiger partial charge < -0.3 is 4.42 Å². The molecule has 0 unspecified atom stereocenters. The van der Waals surface area contributed by atoms with E-state index in [1.807, 2.05) is 12.3 Å². The molecule has 0 aliphatic heterocycles. The van der Waals surface area contributed by atoms with Crippen LogP contribution in [0, 0.1) is 6.92 Å². The van der Waals surface area contributed by atoms with E-state index < -0.39 is 15.8 Å². The number of benzene rings is 1. The van der Waals surface area contributed by atoms with Crippen molar-refractivity contribution in [3.8, 4) is 0 Å². The van der Waals surface area contributed by atoms with Gasteiger partial charge in [-0.05, 0) is 19.1 Å². The molecule has 0 saturated heterocycles. The summed E-state index contributed by atoms with van der Waals surface area (Å²) in [7, 11) is -3.69. The van der Waals surface area contributed by atoms with Crippen LogP contribution in [0.15, 0.2) is 37.7 Å². The first-order valence-electron chi connectivity index (χ1n) is 5.97. The molecule has 2 aromatic heterocycles. The van der Waals surface area contributed by atoms with Gasteiger partial charge in [0.25, 0.3) is 0 Å². The van der Waals surface area contributed by atoms with E-state index in [0.29, 0.717) is 10.5 Å². The average molecular weight is 325 g/mol. The number of hydrogen-bond acceptors (Lipinski definition) is 6. The van der Waals surface area contributed by atoms with Crippen LogP contribution in [0.2, 0.25) is 0 Å². The number of aryl methyl sites for hydroxylation is 1. The molecule has 7 nitrogen and oxygen atoms in total. The molecule has 0 amide bonds. The van der Waals surface area contributed by atoms with Crippen molar-refractivity contribution in [2.75, 3.05) is 0 Å². The molecule has 2 heterocycles. The predicted molar refractivity (Wildman–Crippen MR) is 77.7 cm³/mol. The Labute approximate surface area is 123 Å². The summed E-state index contributed by atoms with van der Waals surface area (Å²) >= 11 is 1.39. The third kappa shape index (κ3) is 2.89. The van der Waals surface area contributed by atoms with Crippen molar-refractivity contribution in [3.05, 3.63) is 44.8 Å². The van der Waals surface area contributed by atoms with E-state index in [9.17, 15) is 13.2 Å². The minimum atomic E-state index is -3.69. The van der Waals surface area contributed by atoms with Crippen LogP contribution < -0.4 is 10.5 Å². The van der Waals surface area contributed by atoms with Crippen molar-refractivity contribution in [2.45, 2.75) is 18.4 Å². The molecule has 3 aromatic rings. The molecule has 1 aromatic carbocycles. The Morgan fingerprint density at radius 1 is 1.43 bits per heavy atom. The normalized spacial score (nSPS) is 12.0. The van der Waals surface area contributed by atoms with Gasteiger partial charge in [0.15, 0.2) is 5.58 Å². The van der Waals surface area contributed by atoms with Gasteiger partial charge in [0.2, 0.25) is 10.0 Å². The van der Waals surface area contributed by atoms with Gasteiger partial charge in [0.1, 0.15) is 5.01 Å². The molecular weight excluding hydrogens is 314 g/mol. The van der Waals surface area contributed by atoms with Crippen molar-refractivity contribution in [1.29, 1.82) is 0 Å². The van der Waals surface area contributed by atoms with E-state index in [0.717, 1.165) is 5.69 Å². The number of sulfonamides is 1. The first kappa shape index (κ1) is 14.0. The number of oxazole rings is 1. The Morgan fingerprint density at radius 2 is 2.24 bits per heavy atom. The van der Waals surface area contributed by atoms with Crippen LogP contribution in [0.25, 0.3) is 11.1 Å². The fraction of sp³-hybridized carbons (Fsp3) is 0.167. The van der Waals surface area contributed by atoms with Crippen molar-refractivity contribution < 1.29 is 12.8 Å². The molecule has 110 valence electrons. The van der Waals surface area contributed by atoms with Crippen LogP contribution in [0.5, 0.6) is 0 Å². The highest BCUT2D eigenvalue weighted by atomic mass is 32.2. The Balaban J connectivity index is 1.86. The molecule has 0 bridgehead atoms. The molecule has 9 heteroatoms. The molecule has 0 aliphatic rings. The van der Waals surface area contributed by atoms with Crippen LogP contribution in [-0.2, 0) is 16.6 Å². The van der Waals surface area contributed by atoms with Gasteiger partial charge in [-0.3, -0.25) is 4.98 Å². The van der Waals surface area contributed by atoms with Crippen LogP contribution >= 0.6 is 11.3 Å². The van der Waals surface area contributed by atoms with Gasteiger partial charge in [-0.25, -0.2) is 22.9 Å². The minimum Gasteiger partial charge on any atom is -0.408 e. The monoisotopic (exact) mass is 325 g/mol. The summed E-state index contributed by atoms with van der Waals surface area (Å²) in [4.78, 5) is 17.7. The largest absolute Gasteiger partial charge is 0.417 e. The molecule has 0 atom stereocenters. The Morgan fingerprint density at radius 3 is 2.95 bits per heavy atom. The van der Waals surface area contributed by atoms with E-state index in [1.165, 1.54) is 29.5 Å². The molecule has 3 rings (SSSR count). The summed E-state index contributed by atoms with van der Waals surface area (Å²) in [5.74, 6) is -0.620. The van der Waals surface area contributed by atoms with Crippen LogP contribution in [-0.4, -0.2) is 18.4 Å². The third-order valence-corrected chi connectivity index (χ3v) is 5.15. The van der Waals surface area contributed by atoms with Crippen LogP contribution in [0.4, 0.5) is 0 Å². The Hall–Kier alpha value is -1.97. The van der Waals surface area contributed by atoms with E-state index >= 15 is 0 Å².